The van der Waals surface area contributed by atoms with Crippen LogP contribution in [0.1, 0.15) is 5.56 Å². The van der Waals surface area contributed by atoms with E-state index in [4.69, 9.17) is 23.2 Å². The number of hydrogen-bond donors (Lipinski definition) is 0. The van der Waals surface area contributed by atoms with E-state index < -0.39 is 5.82 Å². The molecule has 2 aromatic rings. The Kier molecular flexibility index (Phi) is 3.45. The summed E-state index contributed by atoms with van der Waals surface area (Å²) in [6.07, 6.45) is 1.34. The third-order valence-electron chi connectivity index (χ3n) is 2.18. The number of halogens is 3. The van der Waals surface area contributed by atoms with E-state index >= 15 is 0 Å². The Morgan fingerprint density at radius 1 is 1.29 bits per heavy atom. The van der Waals surface area contributed by atoms with Gasteiger partial charge in [0.1, 0.15) is 11.0 Å². The lowest BCUT2D eigenvalue weighted by Gasteiger charge is -2.05. The maximum Gasteiger partial charge on any atom is 0.255 e. The van der Waals surface area contributed by atoms with Gasteiger partial charge >= 0.3 is 0 Å². The van der Waals surface area contributed by atoms with E-state index in [1.54, 1.807) is 6.07 Å². The van der Waals surface area contributed by atoms with E-state index in [0.29, 0.717) is 5.56 Å². The van der Waals surface area contributed by atoms with Crippen molar-refractivity contribution in [1.29, 1.82) is 0 Å². The van der Waals surface area contributed by atoms with Gasteiger partial charge in [-0.3, -0.25) is 9.36 Å². The summed E-state index contributed by atoms with van der Waals surface area (Å²) in [4.78, 5) is 15.3. The molecule has 88 valence electrons. The SMILES string of the molecule is O=c1cc(Cl)ncn1Cc1ccc(F)c(Cl)c1. The number of hydrogen-bond acceptors (Lipinski definition) is 2. The normalized spacial score (nSPS) is 10.5. The van der Waals surface area contributed by atoms with Gasteiger partial charge in [-0.15, -0.1) is 0 Å². The highest BCUT2D eigenvalue weighted by Gasteiger charge is 2.03. The van der Waals surface area contributed by atoms with Crippen LogP contribution in [0.5, 0.6) is 0 Å². The molecule has 0 N–H and O–H groups in total. The molecule has 0 spiro atoms. The predicted molar refractivity (Wildman–Crippen MR) is 64.0 cm³/mol. The Morgan fingerprint density at radius 2 is 2.06 bits per heavy atom. The van der Waals surface area contributed by atoms with E-state index in [0.717, 1.165) is 0 Å². The van der Waals surface area contributed by atoms with Crippen molar-refractivity contribution < 1.29 is 4.39 Å². The van der Waals surface area contributed by atoms with Crippen LogP contribution in [0.25, 0.3) is 0 Å². The molecule has 0 aliphatic rings. The molecule has 0 bridgehead atoms. The predicted octanol–water partition coefficient (Wildman–Crippen LogP) is 2.74. The first-order valence-electron chi connectivity index (χ1n) is 4.72. The van der Waals surface area contributed by atoms with Crippen LogP contribution >= 0.6 is 23.2 Å². The quantitative estimate of drug-likeness (QED) is 0.788. The van der Waals surface area contributed by atoms with Crippen molar-refractivity contribution in [3.8, 4) is 0 Å². The van der Waals surface area contributed by atoms with Gasteiger partial charge in [0, 0.05) is 6.07 Å². The Labute approximate surface area is 106 Å². The van der Waals surface area contributed by atoms with Gasteiger partial charge in [-0.25, -0.2) is 9.37 Å². The van der Waals surface area contributed by atoms with Gasteiger partial charge in [0.05, 0.1) is 17.9 Å². The summed E-state index contributed by atoms with van der Waals surface area (Å²) in [7, 11) is 0. The Morgan fingerprint density at radius 3 is 2.71 bits per heavy atom. The van der Waals surface area contributed by atoms with Gasteiger partial charge in [-0.05, 0) is 17.7 Å². The highest BCUT2D eigenvalue weighted by atomic mass is 35.5. The summed E-state index contributed by atoms with van der Waals surface area (Å²) < 4.78 is 14.3. The Hall–Kier alpha value is -1.39. The number of nitrogens with zero attached hydrogens (tertiary/aromatic N) is 2. The van der Waals surface area contributed by atoms with Gasteiger partial charge in [-0.1, -0.05) is 29.3 Å². The molecular weight excluding hydrogens is 266 g/mol. The average Bonchev–Trinajstić information content (AvgIpc) is 2.27. The second-order valence-corrected chi connectivity index (χ2v) is 4.22. The van der Waals surface area contributed by atoms with Crippen molar-refractivity contribution in [3.63, 3.8) is 0 Å². The van der Waals surface area contributed by atoms with Crippen molar-refractivity contribution in [2.75, 3.05) is 0 Å². The molecule has 3 nitrogen and oxygen atoms in total. The Bertz CT molecular complexity index is 613. The zero-order valence-corrected chi connectivity index (χ0v) is 10.0. The lowest BCUT2D eigenvalue weighted by Crippen LogP contribution is -2.19. The molecule has 0 radical (unpaired) electrons. The van der Waals surface area contributed by atoms with Crippen LogP contribution in [-0.2, 0) is 6.54 Å². The summed E-state index contributed by atoms with van der Waals surface area (Å²) in [5.74, 6) is -0.489. The first kappa shape index (κ1) is 12.1. The van der Waals surface area contributed by atoms with E-state index in [9.17, 15) is 9.18 Å². The first-order valence-corrected chi connectivity index (χ1v) is 5.48. The minimum absolute atomic E-state index is 0.0254. The molecule has 0 saturated carbocycles. The average molecular weight is 273 g/mol. The topological polar surface area (TPSA) is 34.9 Å². The second kappa shape index (κ2) is 4.85. The van der Waals surface area contributed by atoms with Crippen LogP contribution in [0.3, 0.4) is 0 Å². The molecule has 0 unspecified atom stereocenters. The van der Waals surface area contributed by atoms with Crippen molar-refractivity contribution in [2.24, 2.45) is 0 Å². The fraction of sp³-hybridized carbons (Fsp3) is 0.0909. The lowest BCUT2D eigenvalue weighted by atomic mass is 10.2. The summed E-state index contributed by atoms with van der Waals surface area (Å²) in [6.45, 7) is 0.267. The van der Waals surface area contributed by atoms with Crippen LogP contribution in [0.2, 0.25) is 10.2 Å². The minimum Gasteiger partial charge on any atom is -0.295 e. The molecule has 1 heterocycles. The van der Waals surface area contributed by atoms with Crippen molar-refractivity contribution in [1.82, 2.24) is 9.55 Å². The van der Waals surface area contributed by atoms with Crippen LogP contribution in [0.4, 0.5) is 4.39 Å². The molecule has 2 rings (SSSR count). The highest BCUT2D eigenvalue weighted by molar-refractivity contribution is 6.30. The molecule has 0 aliphatic heterocycles. The zero-order chi connectivity index (χ0) is 12.4. The fourth-order valence-electron chi connectivity index (χ4n) is 1.36. The van der Waals surface area contributed by atoms with E-state index in [-0.39, 0.29) is 22.3 Å². The first-order chi connectivity index (χ1) is 8.06. The van der Waals surface area contributed by atoms with Crippen molar-refractivity contribution in [2.45, 2.75) is 6.54 Å². The molecule has 0 atom stereocenters. The molecule has 0 saturated heterocycles. The van der Waals surface area contributed by atoms with Gasteiger partial charge < -0.3 is 0 Å². The molecule has 1 aromatic carbocycles. The summed E-state index contributed by atoms with van der Waals surface area (Å²) >= 11 is 11.2. The lowest BCUT2D eigenvalue weighted by molar-refractivity contribution is 0.626. The maximum absolute atomic E-state index is 12.9. The standard InChI is InChI=1S/C11H7Cl2FN2O/c12-8-3-7(1-2-9(8)14)5-16-6-15-10(13)4-11(16)17/h1-4,6H,5H2. The van der Waals surface area contributed by atoms with E-state index in [2.05, 4.69) is 4.98 Å². The van der Waals surface area contributed by atoms with Crippen molar-refractivity contribution in [3.05, 3.63) is 62.5 Å². The van der Waals surface area contributed by atoms with Gasteiger partial charge in [0.2, 0.25) is 0 Å². The minimum atomic E-state index is -0.489. The number of aromatic nitrogens is 2. The van der Waals surface area contributed by atoms with Crippen LogP contribution in [0.15, 0.2) is 35.4 Å². The zero-order valence-electron chi connectivity index (χ0n) is 8.53. The third-order valence-corrected chi connectivity index (χ3v) is 2.68. The largest absolute Gasteiger partial charge is 0.295 e. The van der Waals surface area contributed by atoms with E-state index in [1.165, 1.54) is 29.1 Å². The third kappa shape index (κ3) is 2.84. The molecule has 0 amide bonds. The smallest absolute Gasteiger partial charge is 0.255 e. The van der Waals surface area contributed by atoms with Gasteiger partial charge in [0.25, 0.3) is 5.56 Å². The van der Waals surface area contributed by atoms with Crippen LogP contribution in [-0.4, -0.2) is 9.55 Å². The highest BCUT2D eigenvalue weighted by Crippen LogP contribution is 2.16. The monoisotopic (exact) mass is 272 g/mol. The van der Waals surface area contributed by atoms with Gasteiger partial charge in [-0.2, -0.15) is 0 Å². The molecule has 1 aromatic heterocycles. The van der Waals surface area contributed by atoms with Crippen LogP contribution < -0.4 is 5.56 Å². The number of benzene rings is 1. The summed E-state index contributed by atoms with van der Waals surface area (Å²) in [5, 5.41) is 0.167. The van der Waals surface area contributed by atoms with Gasteiger partial charge in [0.15, 0.2) is 0 Å². The van der Waals surface area contributed by atoms with E-state index in [1.807, 2.05) is 0 Å². The fourth-order valence-corrected chi connectivity index (χ4v) is 1.70. The maximum atomic E-state index is 12.9. The Balaban J connectivity index is 2.31. The molecular formula is C11H7Cl2FN2O. The summed E-state index contributed by atoms with van der Waals surface area (Å²) in [6, 6.07) is 5.50. The molecule has 17 heavy (non-hydrogen) atoms. The van der Waals surface area contributed by atoms with Crippen LogP contribution in [0, 0.1) is 5.82 Å². The summed E-state index contributed by atoms with van der Waals surface area (Å²) in [5.41, 5.74) is 0.438. The van der Waals surface area contributed by atoms with Crippen molar-refractivity contribution >= 4 is 23.2 Å². The molecule has 0 aliphatic carbocycles. The number of rotatable bonds is 2. The molecule has 6 heteroatoms. The second-order valence-electron chi connectivity index (χ2n) is 3.43. The molecule has 0 fully saturated rings.